The molecule has 0 radical (unpaired) electrons. The topological polar surface area (TPSA) is 121 Å². The van der Waals surface area contributed by atoms with Crippen molar-refractivity contribution in [1.82, 2.24) is 19.8 Å². The third kappa shape index (κ3) is 4.02. The van der Waals surface area contributed by atoms with E-state index in [4.69, 9.17) is 4.74 Å². The second-order valence-electron chi connectivity index (χ2n) is 4.05. The number of rotatable bonds is 7. The number of hydrogen-bond acceptors (Lipinski definition) is 6. The summed E-state index contributed by atoms with van der Waals surface area (Å²) in [6.45, 7) is 3.47. The van der Waals surface area contributed by atoms with Crippen LogP contribution in [0.25, 0.3) is 0 Å². The van der Waals surface area contributed by atoms with Gasteiger partial charge in [-0.15, -0.1) is 0 Å². The third-order valence-corrected chi connectivity index (χ3v) is 4.29. The van der Waals surface area contributed by atoms with Gasteiger partial charge in [0.2, 0.25) is 5.91 Å². The van der Waals surface area contributed by atoms with E-state index in [1.54, 1.807) is 13.8 Å². The molecule has 0 saturated heterocycles. The van der Waals surface area contributed by atoms with Crippen LogP contribution in [0.5, 0.6) is 0 Å². The number of nitrogens with one attached hydrogen (secondary N) is 2. The highest BCUT2D eigenvalue weighted by molar-refractivity contribution is 7.89. The number of sulfonamides is 1. The highest BCUT2D eigenvalue weighted by Gasteiger charge is 2.30. The first-order chi connectivity index (χ1) is 9.84. The molecule has 118 valence electrons. The van der Waals surface area contributed by atoms with Gasteiger partial charge in [-0.05, 0) is 13.8 Å². The summed E-state index contributed by atoms with van der Waals surface area (Å²) in [6, 6.07) is 0. The molecule has 0 bridgehead atoms. The lowest BCUT2D eigenvalue weighted by atomic mass is 10.4. The lowest BCUT2D eigenvalue weighted by molar-refractivity contribution is -0.121. The van der Waals surface area contributed by atoms with Crippen LogP contribution in [0.15, 0.2) is 11.2 Å². The minimum absolute atomic E-state index is 0.109. The Bertz CT molecular complexity index is 610. The Labute approximate surface area is 122 Å². The van der Waals surface area contributed by atoms with Gasteiger partial charge >= 0.3 is 5.97 Å². The molecule has 0 spiro atoms. The zero-order chi connectivity index (χ0) is 16.0. The summed E-state index contributed by atoms with van der Waals surface area (Å²) in [6.07, 6.45) is 1.07. The van der Waals surface area contributed by atoms with Crippen molar-refractivity contribution in [2.24, 2.45) is 0 Å². The number of carbonyl (C=O) groups is 2. The number of ether oxygens (including phenoxy) is 1. The Kier molecular flexibility index (Phi) is 5.85. The molecule has 9 nitrogen and oxygen atoms in total. The SMILES string of the molecule is CCNC(=O)CN(C)S(=O)(=O)c1[nH]ncc1C(=O)OCC. The Hall–Kier alpha value is -1.94. The minimum atomic E-state index is -4.05. The summed E-state index contributed by atoms with van der Waals surface area (Å²) in [5, 5.41) is 7.91. The van der Waals surface area contributed by atoms with E-state index in [-0.39, 0.29) is 18.7 Å². The van der Waals surface area contributed by atoms with E-state index in [2.05, 4.69) is 15.5 Å². The van der Waals surface area contributed by atoms with E-state index in [1.807, 2.05) is 0 Å². The molecule has 1 aromatic heterocycles. The molecule has 1 rings (SSSR count). The number of carbonyl (C=O) groups excluding carboxylic acids is 2. The van der Waals surface area contributed by atoms with Crippen molar-refractivity contribution in [3.05, 3.63) is 11.8 Å². The van der Waals surface area contributed by atoms with Gasteiger partial charge in [-0.3, -0.25) is 9.89 Å². The second-order valence-corrected chi connectivity index (χ2v) is 6.03. The van der Waals surface area contributed by atoms with Crippen LogP contribution in [0.4, 0.5) is 0 Å². The standard InChI is InChI=1S/C11H18N4O5S/c1-4-12-9(16)7-15(3)21(18,19)10-8(6-13-14-10)11(17)20-5-2/h6H,4-5,7H2,1-3H3,(H,12,16)(H,13,14). The molecule has 0 unspecified atom stereocenters. The molecule has 0 aromatic carbocycles. The van der Waals surface area contributed by atoms with Gasteiger partial charge in [0.05, 0.1) is 19.3 Å². The highest BCUT2D eigenvalue weighted by Crippen LogP contribution is 2.17. The fourth-order valence-corrected chi connectivity index (χ4v) is 2.70. The molecule has 0 aliphatic heterocycles. The molecule has 0 aliphatic rings. The molecule has 0 atom stereocenters. The molecular weight excluding hydrogens is 300 g/mol. The van der Waals surface area contributed by atoms with E-state index < -0.39 is 26.9 Å². The normalized spacial score (nSPS) is 11.4. The first-order valence-corrected chi connectivity index (χ1v) is 7.72. The van der Waals surface area contributed by atoms with Gasteiger partial charge in [-0.1, -0.05) is 0 Å². The molecule has 0 fully saturated rings. The third-order valence-electron chi connectivity index (χ3n) is 2.51. The first kappa shape index (κ1) is 17.1. The first-order valence-electron chi connectivity index (χ1n) is 6.28. The number of aromatic amines is 1. The van der Waals surface area contributed by atoms with Crippen molar-refractivity contribution < 1.29 is 22.7 Å². The summed E-state index contributed by atoms with van der Waals surface area (Å²) in [4.78, 5) is 23.1. The lowest BCUT2D eigenvalue weighted by Crippen LogP contribution is -2.38. The van der Waals surface area contributed by atoms with Crippen LogP contribution in [0.1, 0.15) is 24.2 Å². The van der Waals surface area contributed by atoms with Crippen molar-refractivity contribution in [1.29, 1.82) is 0 Å². The largest absolute Gasteiger partial charge is 0.462 e. The van der Waals surface area contributed by atoms with Crippen LogP contribution >= 0.6 is 0 Å². The predicted octanol–water partition coefficient (Wildman–Crippen LogP) is -0.657. The van der Waals surface area contributed by atoms with Crippen molar-refractivity contribution in [3.63, 3.8) is 0 Å². The highest BCUT2D eigenvalue weighted by atomic mass is 32.2. The van der Waals surface area contributed by atoms with Crippen LogP contribution in [0.3, 0.4) is 0 Å². The molecule has 0 saturated carbocycles. The zero-order valence-corrected chi connectivity index (χ0v) is 12.9. The maximum Gasteiger partial charge on any atom is 0.342 e. The molecule has 0 aliphatic carbocycles. The minimum Gasteiger partial charge on any atom is -0.462 e. The van der Waals surface area contributed by atoms with E-state index >= 15 is 0 Å². The number of aromatic nitrogens is 2. The molecule has 1 aromatic rings. The van der Waals surface area contributed by atoms with Crippen LogP contribution in [-0.2, 0) is 19.6 Å². The average Bonchev–Trinajstić information content (AvgIpc) is 2.89. The van der Waals surface area contributed by atoms with Crippen molar-refractivity contribution >= 4 is 21.9 Å². The van der Waals surface area contributed by atoms with Crippen LogP contribution in [0.2, 0.25) is 0 Å². The van der Waals surface area contributed by atoms with E-state index in [0.29, 0.717) is 6.54 Å². The number of hydrogen-bond donors (Lipinski definition) is 2. The molecule has 2 N–H and O–H groups in total. The number of likely N-dealkylation sites (N-methyl/N-ethyl adjacent to an activating group) is 2. The maximum atomic E-state index is 12.3. The summed E-state index contributed by atoms with van der Waals surface area (Å²) in [5.74, 6) is -1.24. The summed E-state index contributed by atoms with van der Waals surface area (Å²) in [5.41, 5.74) is -0.195. The fourth-order valence-electron chi connectivity index (χ4n) is 1.52. The monoisotopic (exact) mass is 318 g/mol. The number of esters is 1. The summed E-state index contributed by atoms with van der Waals surface area (Å²) < 4.78 is 30.2. The average molecular weight is 318 g/mol. The van der Waals surface area contributed by atoms with E-state index in [1.165, 1.54) is 7.05 Å². The lowest BCUT2D eigenvalue weighted by Gasteiger charge is -2.16. The van der Waals surface area contributed by atoms with Crippen LogP contribution in [-0.4, -0.2) is 61.5 Å². The summed E-state index contributed by atoms with van der Waals surface area (Å²) in [7, 11) is -2.81. The molecule has 1 amide bonds. The number of amides is 1. The quantitative estimate of drug-likeness (QED) is 0.644. The number of nitrogens with zero attached hydrogens (tertiary/aromatic N) is 2. The Balaban J connectivity index is 3.00. The van der Waals surface area contributed by atoms with Gasteiger partial charge in [0.15, 0.2) is 5.03 Å². The van der Waals surface area contributed by atoms with E-state index in [9.17, 15) is 18.0 Å². The van der Waals surface area contributed by atoms with Gasteiger partial charge in [0, 0.05) is 13.6 Å². The fraction of sp³-hybridized carbons (Fsp3) is 0.545. The van der Waals surface area contributed by atoms with Gasteiger partial charge in [-0.25, -0.2) is 13.2 Å². The Morgan fingerprint density at radius 2 is 2.10 bits per heavy atom. The Morgan fingerprint density at radius 3 is 2.67 bits per heavy atom. The van der Waals surface area contributed by atoms with Crippen molar-refractivity contribution in [2.75, 3.05) is 26.7 Å². The van der Waals surface area contributed by atoms with Gasteiger partial charge < -0.3 is 10.1 Å². The van der Waals surface area contributed by atoms with Crippen molar-refractivity contribution in [3.8, 4) is 0 Å². The van der Waals surface area contributed by atoms with Gasteiger partial charge in [0.25, 0.3) is 10.0 Å². The molecular formula is C11H18N4O5S. The smallest absolute Gasteiger partial charge is 0.342 e. The molecule has 1 heterocycles. The second kappa shape index (κ2) is 7.18. The number of H-pyrrole nitrogens is 1. The van der Waals surface area contributed by atoms with Crippen molar-refractivity contribution in [2.45, 2.75) is 18.9 Å². The molecule has 10 heteroatoms. The van der Waals surface area contributed by atoms with Gasteiger partial charge in [-0.2, -0.15) is 9.40 Å². The van der Waals surface area contributed by atoms with Gasteiger partial charge in [0.1, 0.15) is 5.56 Å². The van der Waals surface area contributed by atoms with Crippen LogP contribution < -0.4 is 5.32 Å². The predicted molar refractivity (Wildman–Crippen MR) is 73.0 cm³/mol. The summed E-state index contributed by atoms with van der Waals surface area (Å²) >= 11 is 0. The van der Waals surface area contributed by atoms with Crippen LogP contribution in [0, 0.1) is 0 Å². The zero-order valence-electron chi connectivity index (χ0n) is 12.0. The Morgan fingerprint density at radius 1 is 1.43 bits per heavy atom. The molecule has 21 heavy (non-hydrogen) atoms. The van der Waals surface area contributed by atoms with E-state index in [0.717, 1.165) is 10.5 Å². The maximum absolute atomic E-state index is 12.3.